The molecular weight excluding hydrogens is 323 g/mol. The molecule has 0 heterocycles. The number of carbonyl (C=O) groups excluding carboxylic acids is 2. The number of anilines is 1. The first-order valence-corrected chi connectivity index (χ1v) is 7.91. The van der Waals surface area contributed by atoms with Gasteiger partial charge in [-0.25, -0.2) is 4.39 Å². The number of hydrogen-bond donors (Lipinski definition) is 1. The summed E-state index contributed by atoms with van der Waals surface area (Å²) in [6.45, 7) is 0.201. The third-order valence-corrected chi connectivity index (χ3v) is 3.50. The number of halogens is 1. The minimum absolute atomic E-state index is 0.0229. The van der Waals surface area contributed by atoms with E-state index in [1.807, 2.05) is 12.1 Å². The molecule has 0 saturated heterocycles. The van der Waals surface area contributed by atoms with E-state index in [2.05, 4.69) is 5.32 Å². The summed E-state index contributed by atoms with van der Waals surface area (Å²) >= 11 is 0. The first-order valence-electron chi connectivity index (χ1n) is 7.91. The van der Waals surface area contributed by atoms with Crippen molar-refractivity contribution in [1.29, 1.82) is 0 Å². The maximum absolute atomic E-state index is 12.8. The fourth-order valence-electron chi connectivity index (χ4n) is 2.05. The van der Waals surface area contributed by atoms with Crippen molar-refractivity contribution in [3.63, 3.8) is 0 Å². The van der Waals surface area contributed by atoms with Gasteiger partial charge in [-0.1, -0.05) is 12.1 Å². The van der Waals surface area contributed by atoms with E-state index in [1.165, 1.54) is 29.2 Å². The minimum Gasteiger partial charge on any atom is -0.493 e. The van der Waals surface area contributed by atoms with Crippen LogP contribution in [0.15, 0.2) is 48.5 Å². The first-order chi connectivity index (χ1) is 11.9. The average molecular weight is 344 g/mol. The number of hydrogen-bond acceptors (Lipinski definition) is 3. The fraction of sp³-hybridized carbons (Fsp3) is 0.263. The van der Waals surface area contributed by atoms with Crippen molar-refractivity contribution in [2.45, 2.75) is 12.8 Å². The van der Waals surface area contributed by atoms with Crippen LogP contribution in [0.4, 0.5) is 10.1 Å². The fourth-order valence-corrected chi connectivity index (χ4v) is 2.05. The summed E-state index contributed by atoms with van der Waals surface area (Å²) in [5.41, 5.74) is 1.55. The maximum atomic E-state index is 12.8. The Kier molecular flexibility index (Phi) is 6.51. The second-order valence-electron chi connectivity index (χ2n) is 5.76. The van der Waals surface area contributed by atoms with Gasteiger partial charge in [0.2, 0.25) is 11.8 Å². The number of rotatable bonds is 7. The molecule has 2 aromatic carbocycles. The second-order valence-corrected chi connectivity index (χ2v) is 5.76. The van der Waals surface area contributed by atoms with Crippen molar-refractivity contribution < 1.29 is 18.7 Å². The molecule has 2 amide bonds. The molecule has 0 aliphatic rings. The van der Waals surface area contributed by atoms with Crippen LogP contribution in [0.25, 0.3) is 0 Å². The summed E-state index contributed by atoms with van der Waals surface area (Å²) in [7, 11) is 3.43. The Morgan fingerprint density at radius 2 is 1.68 bits per heavy atom. The van der Waals surface area contributed by atoms with Crippen LogP contribution in [-0.4, -0.2) is 37.4 Å². The predicted octanol–water partition coefficient (Wildman–Crippen LogP) is 2.86. The number of ether oxygens (including phenoxy) is 1. The van der Waals surface area contributed by atoms with Crippen molar-refractivity contribution in [3.8, 4) is 5.75 Å². The minimum atomic E-state index is -0.333. The number of nitrogens with zero attached hydrogens (tertiary/aromatic N) is 1. The molecule has 0 aliphatic heterocycles. The van der Waals surface area contributed by atoms with Crippen LogP contribution in [0.3, 0.4) is 0 Å². The molecule has 0 unspecified atom stereocenters. The van der Waals surface area contributed by atoms with Gasteiger partial charge in [0.05, 0.1) is 19.4 Å². The lowest BCUT2D eigenvalue weighted by molar-refractivity contribution is -0.128. The number of carbonyl (C=O) groups is 2. The molecule has 2 rings (SSSR count). The average Bonchev–Trinajstić information content (AvgIpc) is 2.58. The number of likely N-dealkylation sites (N-methyl/N-ethyl adjacent to an activating group) is 1. The van der Waals surface area contributed by atoms with Crippen molar-refractivity contribution >= 4 is 17.5 Å². The Bertz CT molecular complexity index is 712. The van der Waals surface area contributed by atoms with Crippen molar-refractivity contribution in [2.24, 2.45) is 0 Å². The van der Waals surface area contributed by atoms with E-state index in [9.17, 15) is 14.0 Å². The molecular formula is C19H21FN2O3. The second kappa shape index (κ2) is 8.82. The van der Waals surface area contributed by atoms with E-state index < -0.39 is 0 Å². The molecule has 25 heavy (non-hydrogen) atoms. The molecule has 1 N–H and O–H groups in total. The van der Waals surface area contributed by atoms with Crippen LogP contribution in [0.2, 0.25) is 0 Å². The summed E-state index contributed by atoms with van der Waals surface area (Å²) in [6, 6.07) is 12.8. The van der Waals surface area contributed by atoms with Crippen LogP contribution in [0.5, 0.6) is 5.75 Å². The summed E-state index contributed by atoms with van der Waals surface area (Å²) in [6.07, 6.45) is 0.505. The molecule has 0 radical (unpaired) electrons. The van der Waals surface area contributed by atoms with Crippen LogP contribution < -0.4 is 10.1 Å². The Morgan fingerprint density at radius 1 is 1.04 bits per heavy atom. The molecule has 0 bridgehead atoms. The SMILES string of the molecule is CN(C)C(=O)Cc1ccc(NC(=O)CCOc2ccc(F)cc2)cc1. The van der Waals surface area contributed by atoms with Crippen molar-refractivity contribution in [1.82, 2.24) is 4.90 Å². The van der Waals surface area contributed by atoms with Gasteiger partial charge in [-0.05, 0) is 42.0 Å². The number of amides is 2. The Morgan fingerprint density at radius 3 is 2.28 bits per heavy atom. The summed E-state index contributed by atoms with van der Waals surface area (Å²) in [5, 5.41) is 2.77. The zero-order valence-electron chi connectivity index (χ0n) is 14.3. The molecule has 0 aromatic heterocycles. The molecule has 0 atom stereocenters. The van der Waals surface area contributed by atoms with E-state index >= 15 is 0 Å². The molecule has 2 aromatic rings. The van der Waals surface area contributed by atoms with E-state index in [1.54, 1.807) is 26.2 Å². The van der Waals surface area contributed by atoms with E-state index in [0.29, 0.717) is 17.9 Å². The van der Waals surface area contributed by atoms with Crippen LogP contribution in [0, 0.1) is 5.82 Å². The van der Waals surface area contributed by atoms with E-state index in [0.717, 1.165) is 5.56 Å². The smallest absolute Gasteiger partial charge is 0.227 e. The van der Waals surface area contributed by atoms with Gasteiger partial charge in [0.1, 0.15) is 11.6 Å². The Labute approximate surface area is 146 Å². The van der Waals surface area contributed by atoms with Gasteiger partial charge in [0, 0.05) is 19.8 Å². The van der Waals surface area contributed by atoms with Gasteiger partial charge in [0.25, 0.3) is 0 Å². The van der Waals surface area contributed by atoms with Crippen LogP contribution in [-0.2, 0) is 16.0 Å². The maximum Gasteiger partial charge on any atom is 0.227 e. The van der Waals surface area contributed by atoms with Gasteiger partial charge in [-0.15, -0.1) is 0 Å². The van der Waals surface area contributed by atoms with Gasteiger partial charge in [-0.3, -0.25) is 9.59 Å². The topological polar surface area (TPSA) is 58.6 Å². The molecule has 0 spiro atoms. The van der Waals surface area contributed by atoms with Gasteiger partial charge in [0.15, 0.2) is 0 Å². The molecule has 0 aliphatic carbocycles. The highest BCUT2D eigenvalue weighted by molar-refractivity contribution is 5.90. The Balaban J connectivity index is 1.76. The van der Waals surface area contributed by atoms with Crippen LogP contribution >= 0.6 is 0 Å². The monoisotopic (exact) mass is 344 g/mol. The van der Waals surface area contributed by atoms with Crippen LogP contribution in [0.1, 0.15) is 12.0 Å². The molecule has 5 nitrogen and oxygen atoms in total. The first kappa shape index (κ1) is 18.4. The Hall–Kier alpha value is -2.89. The van der Waals surface area contributed by atoms with Crippen molar-refractivity contribution in [3.05, 3.63) is 59.9 Å². The van der Waals surface area contributed by atoms with Crippen molar-refractivity contribution in [2.75, 3.05) is 26.0 Å². The summed E-state index contributed by atoms with van der Waals surface area (Å²) in [4.78, 5) is 25.1. The third kappa shape index (κ3) is 6.25. The molecule has 0 saturated carbocycles. The molecule has 6 heteroatoms. The van der Waals surface area contributed by atoms with E-state index in [4.69, 9.17) is 4.74 Å². The lowest BCUT2D eigenvalue weighted by atomic mass is 10.1. The highest BCUT2D eigenvalue weighted by atomic mass is 19.1. The quantitative estimate of drug-likeness (QED) is 0.840. The van der Waals surface area contributed by atoms with Gasteiger partial charge < -0.3 is 15.0 Å². The van der Waals surface area contributed by atoms with E-state index in [-0.39, 0.29) is 30.7 Å². The largest absolute Gasteiger partial charge is 0.493 e. The third-order valence-electron chi connectivity index (χ3n) is 3.50. The van der Waals surface area contributed by atoms with Gasteiger partial charge in [-0.2, -0.15) is 0 Å². The molecule has 0 fully saturated rings. The highest BCUT2D eigenvalue weighted by Gasteiger charge is 2.07. The standard InChI is InChI=1S/C19H21FN2O3/c1-22(2)19(24)13-14-3-7-16(8-4-14)21-18(23)11-12-25-17-9-5-15(20)6-10-17/h3-10H,11-13H2,1-2H3,(H,21,23). The zero-order chi connectivity index (χ0) is 18.2. The lowest BCUT2D eigenvalue weighted by Gasteiger charge is -2.11. The summed E-state index contributed by atoms with van der Waals surface area (Å²) < 4.78 is 18.2. The summed E-state index contributed by atoms with van der Waals surface area (Å²) in [5.74, 6) is 0.0268. The number of benzene rings is 2. The molecule has 132 valence electrons. The lowest BCUT2D eigenvalue weighted by Crippen LogP contribution is -2.23. The zero-order valence-corrected chi connectivity index (χ0v) is 14.3. The predicted molar refractivity (Wildman–Crippen MR) is 94.0 cm³/mol. The number of nitrogens with one attached hydrogen (secondary N) is 1. The normalized spacial score (nSPS) is 10.2. The van der Waals surface area contributed by atoms with Gasteiger partial charge >= 0.3 is 0 Å². The highest BCUT2D eigenvalue weighted by Crippen LogP contribution is 2.13.